The Balaban J connectivity index is 2.06. The molecule has 0 radical (unpaired) electrons. The molecule has 1 saturated heterocycles. The molecule has 1 aliphatic heterocycles. The SMILES string of the molecule is CCc1nc(CN2CCO[C@@](C)(C(N)=O)C2)c(C)[nH]1. The zero-order chi connectivity index (χ0) is 14.0. The van der Waals surface area contributed by atoms with Crippen LogP contribution in [0.3, 0.4) is 0 Å². The Morgan fingerprint density at radius 1 is 1.63 bits per heavy atom. The van der Waals surface area contributed by atoms with Crippen molar-refractivity contribution in [3.05, 3.63) is 17.2 Å². The van der Waals surface area contributed by atoms with Crippen LogP contribution in [-0.2, 0) is 22.5 Å². The number of imidazole rings is 1. The number of amides is 1. The van der Waals surface area contributed by atoms with Crippen molar-refractivity contribution in [2.45, 2.75) is 39.3 Å². The van der Waals surface area contributed by atoms with E-state index in [2.05, 4.69) is 21.8 Å². The van der Waals surface area contributed by atoms with E-state index < -0.39 is 11.5 Å². The zero-order valence-corrected chi connectivity index (χ0v) is 11.8. The topological polar surface area (TPSA) is 84.2 Å². The van der Waals surface area contributed by atoms with E-state index in [4.69, 9.17) is 10.5 Å². The Hall–Kier alpha value is -1.40. The highest BCUT2D eigenvalue weighted by Crippen LogP contribution is 2.19. The van der Waals surface area contributed by atoms with Crippen LogP contribution in [0.2, 0.25) is 0 Å². The van der Waals surface area contributed by atoms with Crippen LogP contribution in [0.15, 0.2) is 0 Å². The minimum atomic E-state index is -0.893. The van der Waals surface area contributed by atoms with Crippen LogP contribution < -0.4 is 5.73 Å². The largest absolute Gasteiger partial charge is 0.367 e. The van der Waals surface area contributed by atoms with Gasteiger partial charge in [-0.1, -0.05) is 6.92 Å². The van der Waals surface area contributed by atoms with Crippen molar-refractivity contribution in [2.75, 3.05) is 19.7 Å². The van der Waals surface area contributed by atoms with Crippen molar-refractivity contribution in [1.29, 1.82) is 0 Å². The van der Waals surface area contributed by atoms with Crippen molar-refractivity contribution in [1.82, 2.24) is 14.9 Å². The third-order valence-electron chi connectivity index (χ3n) is 3.62. The van der Waals surface area contributed by atoms with Gasteiger partial charge in [-0.3, -0.25) is 9.69 Å². The molecule has 1 atom stereocenters. The summed E-state index contributed by atoms with van der Waals surface area (Å²) in [6.07, 6.45) is 0.892. The Labute approximate surface area is 113 Å². The first-order valence-corrected chi connectivity index (χ1v) is 6.65. The number of carbonyl (C=O) groups excluding carboxylic acids is 1. The highest BCUT2D eigenvalue weighted by atomic mass is 16.5. The summed E-state index contributed by atoms with van der Waals surface area (Å²) in [5.74, 6) is 0.587. The summed E-state index contributed by atoms with van der Waals surface area (Å²) >= 11 is 0. The maximum atomic E-state index is 11.4. The van der Waals surface area contributed by atoms with Gasteiger partial charge in [-0.2, -0.15) is 0 Å². The van der Waals surface area contributed by atoms with Gasteiger partial charge in [0.05, 0.1) is 12.3 Å². The number of nitrogens with zero attached hydrogens (tertiary/aromatic N) is 2. The van der Waals surface area contributed by atoms with Gasteiger partial charge in [-0.25, -0.2) is 4.98 Å². The third kappa shape index (κ3) is 2.96. The average Bonchev–Trinajstić information content (AvgIpc) is 2.70. The highest BCUT2D eigenvalue weighted by molar-refractivity contribution is 5.83. The summed E-state index contributed by atoms with van der Waals surface area (Å²) < 4.78 is 5.51. The number of primary amides is 1. The Morgan fingerprint density at radius 3 is 2.95 bits per heavy atom. The summed E-state index contributed by atoms with van der Waals surface area (Å²) in [7, 11) is 0. The lowest BCUT2D eigenvalue weighted by molar-refractivity contribution is -0.153. The van der Waals surface area contributed by atoms with Crippen LogP contribution in [-0.4, -0.2) is 46.1 Å². The third-order valence-corrected chi connectivity index (χ3v) is 3.62. The van der Waals surface area contributed by atoms with Gasteiger partial charge >= 0.3 is 0 Å². The fraction of sp³-hybridized carbons (Fsp3) is 0.692. The summed E-state index contributed by atoms with van der Waals surface area (Å²) in [5.41, 5.74) is 6.63. The molecule has 19 heavy (non-hydrogen) atoms. The lowest BCUT2D eigenvalue weighted by Gasteiger charge is -2.38. The maximum absolute atomic E-state index is 11.4. The van der Waals surface area contributed by atoms with Gasteiger partial charge in [0.1, 0.15) is 5.82 Å². The van der Waals surface area contributed by atoms with E-state index in [0.717, 1.165) is 30.2 Å². The van der Waals surface area contributed by atoms with Crippen molar-refractivity contribution in [2.24, 2.45) is 5.73 Å². The molecule has 0 aromatic carbocycles. The number of nitrogens with two attached hydrogens (primary N) is 1. The number of nitrogens with one attached hydrogen (secondary N) is 1. The second-order valence-corrected chi connectivity index (χ2v) is 5.26. The van der Waals surface area contributed by atoms with Crippen LogP contribution in [0.1, 0.15) is 31.1 Å². The second-order valence-electron chi connectivity index (χ2n) is 5.26. The highest BCUT2D eigenvalue weighted by Gasteiger charge is 2.37. The number of aryl methyl sites for hydroxylation is 2. The van der Waals surface area contributed by atoms with Gasteiger partial charge < -0.3 is 15.5 Å². The first kappa shape index (κ1) is 14.0. The van der Waals surface area contributed by atoms with E-state index in [9.17, 15) is 4.79 Å². The van der Waals surface area contributed by atoms with Gasteiger partial charge in [0.2, 0.25) is 0 Å². The zero-order valence-electron chi connectivity index (χ0n) is 11.8. The average molecular weight is 266 g/mol. The summed E-state index contributed by atoms with van der Waals surface area (Å²) in [4.78, 5) is 21.4. The van der Waals surface area contributed by atoms with Crippen LogP contribution in [0.4, 0.5) is 0 Å². The molecular weight excluding hydrogens is 244 g/mol. The molecule has 0 unspecified atom stereocenters. The number of H-pyrrole nitrogens is 1. The summed E-state index contributed by atoms with van der Waals surface area (Å²) in [5, 5.41) is 0. The van der Waals surface area contributed by atoms with Gasteiger partial charge in [-0.05, 0) is 13.8 Å². The van der Waals surface area contributed by atoms with E-state index in [1.165, 1.54) is 0 Å². The molecule has 2 heterocycles. The van der Waals surface area contributed by atoms with Gasteiger partial charge in [0.15, 0.2) is 5.60 Å². The van der Waals surface area contributed by atoms with E-state index in [1.54, 1.807) is 6.92 Å². The van der Waals surface area contributed by atoms with Crippen molar-refractivity contribution in [3.63, 3.8) is 0 Å². The molecule has 1 aliphatic rings. The minimum absolute atomic E-state index is 0.412. The number of carbonyl (C=O) groups is 1. The van der Waals surface area contributed by atoms with E-state index in [-0.39, 0.29) is 0 Å². The van der Waals surface area contributed by atoms with Crippen LogP contribution in [0.5, 0.6) is 0 Å². The monoisotopic (exact) mass is 266 g/mol. The smallest absolute Gasteiger partial charge is 0.250 e. The number of hydrogen-bond acceptors (Lipinski definition) is 4. The molecular formula is C13H22N4O2. The number of aromatic nitrogens is 2. The molecule has 0 spiro atoms. The lowest BCUT2D eigenvalue weighted by atomic mass is 10.0. The molecule has 0 saturated carbocycles. The number of ether oxygens (including phenoxy) is 1. The van der Waals surface area contributed by atoms with Crippen molar-refractivity contribution in [3.8, 4) is 0 Å². The maximum Gasteiger partial charge on any atom is 0.250 e. The Bertz CT molecular complexity index is 471. The standard InChI is InChI=1S/C13H22N4O2/c1-4-11-15-9(2)10(16-11)7-17-5-6-19-13(3,8-17)12(14)18/h4-8H2,1-3H3,(H2,14,18)(H,15,16)/t13-/m1/s1. The predicted octanol–water partition coefficient (Wildman–Crippen LogP) is 0.357. The first-order valence-electron chi connectivity index (χ1n) is 6.65. The van der Waals surface area contributed by atoms with Crippen LogP contribution in [0.25, 0.3) is 0 Å². The molecule has 0 bridgehead atoms. The van der Waals surface area contributed by atoms with Crippen LogP contribution in [0, 0.1) is 6.92 Å². The van der Waals surface area contributed by atoms with Crippen LogP contribution >= 0.6 is 0 Å². The van der Waals surface area contributed by atoms with Crippen molar-refractivity contribution >= 4 is 5.91 Å². The predicted molar refractivity (Wildman–Crippen MR) is 71.5 cm³/mol. The number of morpholine rings is 1. The summed E-state index contributed by atoms with van der Waals surface area (Å²) in [6, 6.07) is 0. The lowest BCUT2D eigenvalue weighted by Crippen LogP contribution is -2.56. The van der Waals surface area contributed by atoms with E-state index in [0.29, 0.717) is 19.7 Å². The molecule has 1 aromatic heterocycles. The van der Waals surface area contributed by atoms with E-state index in [1.807, 2.05) is 6.92 Å². The summed E-state index contributed by atoms with van der Waals surface area (Å²) in [6.45, 7) is 8.37. The molecule has 1 fully saturated rings. The molecule has 6 nitrogen and oxygen atoms in total. The van der Waals surface area contributed by atoms with Gasteiger partial charge in [-0.15, -0.1) is 0 Å². The number of aromatic amines is 1. The molecule has 6 heteroatoms. The molecule has 1 amide bonds. The fourth-order valence-electron chi connectivity index (χ4n) is 2.33. The normalized spacial score (nSPS) is 24.6. The molecule has 106 valence electrons. The number of rotatable bonds is 4. The number of hydrogen-bond donors (Lipinski definition) is 2. The van der Waals surface area contributed by atoms with E-state index >= 15 is 0 Å². The quantitative estimate of drug-likeness (QED) is 0.824. The Kier molecular flexibility index (Phi) is 3.91. The fourth-order valence-corrected chi connectivity index (χ4v) is 2.33. The minimum Gasteiger partial charge on any atom is -0.367 e. The van der Waals surface area contributed by atoms with Gasteiger partial charge in [0.25, 0.3) is 5.91 Å². The van der Waals surface area contributed by atoms with Crippen molar-refractivity contribution < 1.29 is 9.53 Å². The Morgan fingerprint density at radius 2 is 2.37 bits per heavy atom. The molecule has 3 N–H and O–H groups in total. The molecule has 1 aromatic rings. The molecule has 2 rings (SSSR count). The second kappa shape index (κ2) is 5.30. The van der Waals surface area contributed by atoms with Gasteiger partial charge in [0, 0.05) is 31.7 Å². The molecule has 0 aliphatic carbocycles. The first-order chi connectivity index (χ1) is 8.94.